The zero-order valence-electron chi connectivity index (χ0n) is 21.9. The first kappa shape index (κ1) is 23.7. The monoisotopic (exact) mass is 545 g/mol. The number of hydrogen-bond acceptors (Lipinski definition) is 7. The first-order valence-corrected chi connectivity index (χ1v) is 13.4. The van der Waals surface area contributed by atoms with Crippen LogP contribution in [0.5, 0.6) is 23.0 Å². The second-order valence-electron chi connectivity index (χ2n) is 10.6. The molecule has 0 radical (unpaired) electrons. The maximum Gasteiger partial charge on any atom is 0.319 e. The number of methoxy groups -OCH3 is 1. The van der Waals surface area contributed by atoms with Gasteiger partial charge in [0, 0.05) is 16.9 Å². The number of fused-ring (bicyclic) bond motifs is 8. The SMILES string of the molecule is COc1ccccc1N1C(=O)[C@@H]2[C@@H]3C(=O)Oc4c(ccc5ccccc45)C3=C[C@@H](c3ccc4c(c3)OCO4)[C@@H]2C1=O. The van der Waals surface area contributed by atoms with Gasteiger partial charge in [-0.05, 0) is 40.8 Å². The average molecular weight is 546 g/mol. The minimum Gasteiger partial charge on any atom is -0.495 e. The Hall–Kier alpha value is -5.11. The molecule has 202 valence electrons. The molecule has 8 nitrogen and oxygen atoms in total. The van der Waals surface area contributed by atoms with Gasteiger partial charge in [0.25, 0.3) is 0 Å². The number of ether oxygens (including phenoxy) is 4. The molecule has 0 aromatic heterocycles. The zero-order chi connectivity index (χ0) is 27.8. The van der Waals surface area contributed by atoms with Crippen molar-refractivity contribution in [1.82, 2.24) is 0 Å². The topological polar surface area (TPSA) is 91.4 Å². The van der Waals surface area contributed by atoms with Gasteiger partial charge < -0.3 is 18.9 Å². The molecular formula is C33H23NO7. The van der Waals surface area contributed by atoms with E-state index in [0.29, 0.717) is 34.3 Å². The van der Waals surface area contributed by atoms with E-state index in [0.717, 1.165) is 21.9 Å². The number of benzene rings is 4. The van der Waals surface area contributed by atoms with Gasteiger partial charge in [-0.15, -0.1) is 0 Å². The maximum absolute atomic E-state index is 14.3. The molecule has 0 N–H and O–H groups in total. The van der Waals surface area contributed by atoms with E-state index >= 15 is 0 Å². The van der Waals surface area contributed by atoms with Gasteiger partial charge in [0.15, 0.2) is 11.5 Å². The Kier molecular flexibility index (Phi) is 5.04. The first-order chi connectivity index (χ1) is 20.0. The largest absolute Gasteiger partial charge is 0.495 e. The highest BCUT2D eigenvalue weighted by atomic mass is 16.7. The number of allylic oxidation sites excluding steroid dienone is 1. The molecule has 3 aliphatic heterocycles. The van der Waals surface area contributed by atoms with E-state index in [1.165, 1.54) is 12.0 Å². The number of carbonyl (C=O) groups is 3. The van der Waals surface area contributed by atoms with Crippen molar-refractivity contribution in [2.45, 2.75) is 5.92 Å². The number of nitrogens with zero attached hydrogens (tertiary/aromatic N) is 1. The standard InChI is InChI=1S/C33H23NO7/c1-38-24-9-5-4-8-23(24)34-31(35)27-21(18-11-13-25-26(14-18)40-16-39-25)15-22-20-12-10-17-6-2-3-7-19(17)30(20)41-33(37)28(22)29(27)32(34)36/h2-15,21,27-29H,16H2,1H3/t21-,27-,28+,29-/m0/s1. The summed E-state index contributed by atoms with van der Waals surface area (Å²) in [6, 6.07) is 24.1. The Bertz CT molecular complexity index is 1840. The van der Waals surface area contributed by atoms with Crippen molar-refractivity contribution in [3.8, 4) is 23.0 Å². The molecule has 0 saturated carbocycles. The summed E-state index contributed by atoms with van der Waals surface area (Å²) in [4.78, 5) is 43.5. The van der Waals surface area contributed by atoms with E-state index in [9.17, 15) is 14.4 Å². The van der Waals surface area contributed by atoms with Crippen molar-refractivity contribution in [1.29, 1.82) is 0 Å². The lowest BCUT2D eigenvalue weighted by molar-refractivity contribution is -0.142. The molecule has 4 aromatic rings. The summed E-state index contributed by atoms with van der Waals surface area (Å²) in [6.07, 6.45) is 1.97. The van der Waals surface area contributed by atoms with Crippen LogP contribution in [-0.2, 0) is 14.4 Å². The highest BCUT2D eigenvalue weighted by molar-refractivity contribution is 6.25. The van der Waals surface area contributed by atoms with Crippen LogP contribution in [0.3, 0.4) is 0 Å². The van der Waals surface area contributed by atoms with Gasteiger partial charge in [-0.2, -0.15) is 0 Å². The number of carbonyl (C=O) groups excluding carboxylic acids is 3. The van der Waals surface area contributed by atoms with Crippen LogP contribution in [0.4, 0.5) is 5.69 Å². The van der Waals surface area contributed by atoms with Gasteiger partial charge in [-0.1, -0.05) is 60.7 Å². The molecule has 1 fully saturated rings. The summed E-state index contributed by atoms with van der Waals surface area (Å²) in [5, 5.41) is 1.75. The molecule has 41 heavy (non-hydrogen) atoms. The van der Waals surface area contributed by atoms with E-state index in [4.69, 9.17) is 18.9 Å². The molecule has 8 rings (SSSR count). The van der Waals surface area contributed by atoms with Crippen molar-refractivity contribution in [3.05, 3.63) is 96.1 Å². The smallest absolute Gasteiger partial charge is 0.319 e. The van der Waals surface area contributed by atoms with Gasteiger partial charge in [-0.3, -0.25) is 14.4 Å². The molecule has 0 spiro atoms. The van der Waals surface area contributed by atoms with Gasteiger partial charge in [0.05, 0.1) is 30.6 Å². The number of para-hydroxylation sites is 2. The normalized spacial score (nSPS) is 24.0. The van der Waals surface area contributed by atoms with E-state index in [1.807, 2.05) is 60.7 Å². The van der Waals surface area contributed by atoms with E-state index in [2.05, 4.69) is 0 Å². The van der Waals surface area contributed by atoms with Crippen LogP contribution in [-0.4, -0.2) is 31.7 Å². The third-order valence-corrected chi connectivity index (χ3v) is 8.59. The van der Waals surface area contributed by atoms with Gasteiger partial charge in [-0.25, -0.2) is 4.90 Å². The third-order valence-electron chi connectivity index (χ3n) is 8.59. The van der Waals surface area contributed by atoms with Crippen LogP contribution >= 0.6 is 0 Å². The minimum absolute atomic E-state index is 0.115. The fraction of sp³-hybridized carbons (Fsp3) is 0.182. The summed E-state index contributed by atoms with van der Waals surface area (Å²) < 4.78 is 22.6. The highest BCUT2D eigenvalue weighted by Gasteiger charge is 2.60. The lowest BCUT2D eigenvalue weighted by Gasteiger charge is -2.38. The summed E-state index contributed by atoms with van der Waals surface area (Å²) in [6.45, 7) is 0.115. The number of imide groups is 1. The number of rotatable bonds is 3. The number of amides is 2. The van der Waals surface area contributed by atoms with E-state index < -0.39 is 35.5 Å². The van der Waals surface area contributed by atoms with Crippen LogP contribution in [0.25, 0.3) is 16.3 Å². The summed E-state index contributed by atoms with van der Waals surface area (Å²) in [5.74, 6) is -2.57. The molecule has 2 amide bonds. The van der Waals surface area contributed by atoms with Gasteiger partial charge >= 0.3 is 5.97 Å². The van der Waals surface area contributed by atoms with E-state index in [-0.39, 0.29) is 12.7 Å². The first-order valence-electron chi connectivity index (χ1n) is 13.4. The Morgan fingerprint density at radius 3 is 2.49 bits per heavy atom. The van der Waals surface area contributed by atoms with Crippen molar-refractivity contribution in [3.63, 3.8) is 0 Å². The summed E-state index contributed by atoms with van der Waals surface area (Å²) in [5.41, 5.74) is 2.57. The molecule has 4 atom stereocenters. The molecule has 1 aliphatic carbocycles. The van der Waals surface area contributed by atoms with Crippen LogP contribution in [0.1, 0.15) is 17.0 Å². The number of anilines is 1. The molecule has 4 aliphatic rings. The van der Waals surface area contributed by atoms with Crippen LogP contribution in [0, 0.1) is 17.8 Å². The number of hydrogen-bond donors (Lipinski definition) is 0. The van der Waals surface area contributed by atoms with Crippen LogP contribution in [0.2, 0.25) is 0 Å². The Labute approximate surface area is 234 Å². The second kappa shape index (κ2) is 8.69. The zero-order valence-corrected chi connectivity index (χ0v) is 21.9. The lowest BCUT2D eigenvalue weighted by atomic mass is 9.64. The highest BCUT2D eigenvalue weighted by Crippen LogP contribution is 2.56. The minimum atomic E-state index is -0.963. The summed E-state index contributed by atoms with van der Waals surface area (Å²) in [7, 11) is 1.49. The molecule has 3 heterocycles. The van der Waals surface area contributed by atoms with Crippen LogP contribution < -0.4 is 23.8 Å². The van der Waals surface area contributed by atoms with Gasteiger partial charge in [0.2, 0.25) is 18.6 Å². The molecule has 1 saturated heterocycles. The Balaban J connectivity index is 1.35. The quantitative estimate of drug-likeness (QED) is 0.201. The number of esters is 1. The molecule has 4 aromatic carbocycles. The van der Waals surface area contributed by atoms with Gasteiger partial charge in [0.1, 0.15) is 11.5 Å². The van der Waals surface area contributed by atoms with E-state index in [1.54, 1.807) is 24.3 Å². The maximum atomic E-state index is 14.3. The predicted octanol–water partition coefficient (Wildman–Crippen LogP) is 5.10. The predicted molar refractivity (Wildman–Crippen MR) is 149 cm³/mol. The van der Waals surface area contributed by atoms with Crippen molar-refractivity contribution in [2.75, 3.05) is 18.8 Å². The molecule has 0 unspecified atom stereocenters. The lowest BCUT2D eigenvalue weighted by Crippen LogP contribution is -2.42. The summed E-state index contributed by atoms with van der Waals surface area (Å²) >= 11 is 0. The third kappa shape index (κ3) is 3.30. The fourth-order valence-corrected chi connectivity index (χ4v) is 6.79. The van der Waals surface area contributed by atoms with Crippen molar-refractivity contribution in [2.24, 2.45) is 17.8 Å². The Morgan fingerprint density at radius 2 is 1.61 bits per heavy atom. The second-order valence-corrected chi connectivity index (χ2v) is 10.6. The molecular weight excluding hydrogens is 522 g/mol. The van der Waals surface area contributed by atoms with Crippen molar-refractivity contribution < 1.29 is 33.3 Å². The van der Waals surface area contributed by atoms with Crippen molar-refractivity contribution >= 4 is 39.8 Å². The molecule has 0 bridgehead atoms. The Morgan fingerprint density at radius 1 is 0.829 bits per heavy atom. The average Bonchev–Trinajstić information content (AvgIpc) is 3.58. The van der Waals surface area contributed by atoms with Crippen LogP contribution in [0.15, 0.2) is 84.9 Å². The fourth-order valence-electron chi connectivity index (χ4n) is 6.79. The molecule has 8 heteroatoms.